The van der Waals surface area contributed by atoms with E-state index in [1.807, 2.05) is 44.2 Å². The number of nitrogens with one attached hydrogen (secondary N) is 1. The number of carbonyl (C=O) groups excluding carboxylic acids is 2. The Kier molecular flexibility index (Phi) is 9.34. The zero-order chi connectivity index (χ0) is 26.3. The van der Waals surface area contributed by atoms with E-state index in [4.69, 9.17) is 11.6 Å². The maximum atomic E-state index is 13.8. The highest BCUT2D eigenvalue weighted by Gasteiger charge is 2.32. The highest BCUT2D eigenvalue weighted by Crippen LogP contribution is 2.29. The van der Waals surface area contributed by atoms with Gasteiger partial charge in [-0.25, -0.2) is 8.42 Å². The molecule has 0 bridgehead atoms. The standard InChI is InChI=1S/C27H32ClN3O4S/c1-4-17-29-27(33)24(5-2)30(18-21-12-7-9-15-23(21)28)26(32)19-31(36(3,34)35)25-16-10-13-20-11-6-8-14-22(20)25/h6-16,24H,4-5,17-19H2,1-3H3,(H,29,33). The van der Waals surface area contributed by atoms with E-state index >= 15 is 0 Å². The summed E-state index contributed by atoms with van der Waals surface area (Å²) in [4.78, 5) is 28.2. The fraction of sp³-hybridized carbons (Fsp3) is 0.333. The molecule has 0 fully saturated rings. The van der Waals surface area contributed by atoms with Crippen molar-refractivity contribution in [1.29, 1.82) is 0 Å². The minimum absolute atomic E-state index is 0.0731. The van der Waals surface area contributed by atoms with Gasteiger partial charge in [-0.15, -0.1) is 0 Å². The molecule has 1 atom stereocenters. The summed E-state index contributed by atoms with van der Waals surface area (Å²) in [5.41, 5.74) is 1.08. The second kappa shape index (κ2) is 12.2. The normalized spacial score (nSPS) is 12.2. The van der Waals surface area contributed by atoms with Gasteiger partial charge in [-0.2, -0.15) is 0 Å². The lowest BCUT2D eigenvalue weighted by Gasteiger charge is -2.33. The van der Waals surface area contributed by atoms with E-state index in [0.717, 1.165) is 22.4 Å². The number of amides is 2. The number of sulfonamides is 1. The smallest absolute Gasteiger partial charge is 0.244 e. The number of benzene rings is 3. The van der Waals surface area contributed by atoms with Gasteiger partial charge in [0.25, 0.3) is 0 Å². The maximum absolute atomic E-state index is 13.8. The number of hydrogen-bond donors (Lipinski definition) is 1. The molecule has 0 aromatic heterocycles. The van der Waals surface area contributed by atoms with E-state index in [1.165, 1.54) is 4.90 Å². The Balaban J connectivity index is 2.03. The van der Waals surface area contributed by atoms with Crippen LogP contribution in [0.25, 0.3) is 10.8 Å². The van der Waals surface area contributed by atoms with Crippen molar-refractivity contribution in [2.24, 2.45) is 0 Å². The van der Waals surface area contributed by atoms with Gasteiger partial charge in [0.2, 0.25) is 21.8 Å². The lowest BCUT2D eigenvalue weighted by molar-refractivity contribution is -0.140. The summed E-state index contributed by atoms with van der Waals surface area (Å²) in [5, 5.41) is 4.89. The number of rotatable bonds is 11. The summed E-state index contributed by atoms with van der Waals surface area (Å²) in [5.74, 6) is -0.775. The maximum Gasteiger partial charge on any atom is 0.244 e. The lowest BCUT2D eigenvalue weighted by atomic mass is 10.1. The molecular weight excluding hydrogens is 498 g/mol. The second-order valence-corrected chi connectivity index (χ2v) is 10.9. The van der Waals surface area contributed by atoms with Crippen LogP contribution in [0.2, 0.25) is 5.02 Å². The molecule has 36 heavy (non-hydrogen) atoms. The molecule has 3 rings (SSSR count). The molecule has 0 spiro atoms. The first-order chi connectivity index (χ1) is 17.2. The third kappa shape index (κ3) is 6.56. The average Bonchev–Trinajstić information content (AvgIpc) is 2.86. The molecule has 9 heteroatoms. The molecule has 3 aromatic carbocycles. The zero-order valence-corrected chi connectivity index (χ0v) is 22.3. The molecule has 1 unspecified atom stereocenters. The van der Waals surface area contributed by atoms with Gasteiger partial charge in [0, 0.05) is 23.5 Å². The summed E-state index contributed by atoms with van der Waals surface area (Å²) in [6, 6.07) is 19.0. The molecule has 1 N–H and O–H groups in total. The topological polar surface area (TPSA) is 86.8 Å². The van der Waals surface area contributed by atoms with E-state index in [2.05, 4.69) is 5.32 Å². The van der Waals surface area contributed by atoms with Crippen LogP contribution in [0, 0.1) is 0 Å². The molecule has 0 saturated heterocycles. The summed E-state index contributed by atoms with van der Waals surface area (Å²) < 4.78 is 26.9. The minimum atomic E-state index is -3.83. The molecule has 0 saturated carbocycles. The number of nitrogens with zero attached hydrogens (tertiary/aromatic N) is 2. The van der Waals surface area contributed by atoms with Crippen molar-refractivity contribution < 1.29 is 18.0 Å². The second-order valence-electron chi connectivity index (χ2n) is 8.60. The molecule has 7 nitrogen and oxygen atoms in total. The lowest BCUT2D eigenvalue weighted by Crippen LogP contribution is -2.52. The highest BCUT2D eigenvalue weighted by molar-refractivity contribution is 7.92. The van der Waals surface area contributed by atoms with Crippen molar-refractivity contribution in [2.75, 3.05) is 23.7 Å². The summed E-state index contributed by atoms with van der Waals surface area (Å²) in [6.07, 6.45) is 2.19. The average molecular weight is 530 g/mol. The van der Waals surface area contributed by atoms with Crippen LogP contribution >= 0.6 is 11.6 Å². The molecule has 2 amide bonds. The Labute approximate surface area is 218 Å². The first kappa shape index (κ1) is 27.5. The Morgan fingerprint density at radius 2 is 1.64 bits per heavy atom. The number of anilines is 1. The molecular formula is C27H32ClN3O4S. The number of carbonyl (C=O) groups is 2. The SMILES string of the molecule is CCCNC(=O)C(CC)N(Cc1ccccc1Cl)C(=O)CN(c1cccc2ccccc12)S(C)(=O)=O. The molecule has 0 radical (unpaired) electrons. The van der Waals surface area contributed by atoms with Crippen LogP contribution in [0.4, 0.5) is 5.69 Å². The number of halogens is 1. The monoisotopic (exact) mass is 529 g/mol. The van der Waals surface area contributed by atoms with Gasteiger partial charge < -0.3 is 10.2 Å². The predicted molar refractivity (Wildman–Crippen MR) is 146 cm³/mol. The van der Waals surface area contributed by atoms with Gasteiger partial charge in [0.15, 0.2) is 0 Å². The molecule has 0 aliphatic rings. The zero-order valence-electron chi connectivity index (χ0n) is 20.8. The first-order valence-corrected chi connectivity index (χ1v) is 14.2. The van der Waals surface area contributed by atoms with Crippen molar-refractivity contribution in [1.82, 2.24) is 10.2 Å². The van der Waals surface area contributed by atoms with Crippen LogP contribution in [-0.2, 0) is 26.2 Å². The quantitative estimate of drug-likeness (QED) is 0.393. The third-order valence-corrected chi connectivity index (χ3v) is 7.44. The van der Waals surface area contributed by atoms with Gasteiger partial charge in [-0.05, 0) is 35.9 Å². The fourth-order valence-electron chi connectivity index (χ4n) is 4.12. The van der Waals surface area contributed by atoms with E-state index in [-0.39, 0.29) is 12.5 Å². The van der Waals surface area contributed by atoms with Crippen LogP contribution in [-0.4, -0.2) is 50.5 Å². The van der Waals surface area contributed by atoms with Gasteiger partial charge in [0.1, 0.15) is 12.6 Å². The Morgan fingerprint density at radius 1 is 0.972 bits per heavy atom. The van der Waals surface area contributed by atoms with Gasteiger partial charge in [-0.3, -0.25) is 13.9 Å². The molecule has 192 valence electrons. The van der Waals surface area contributed by atoms with Crippen LogP contribution in [0.3, 0.4) is 0 Å². The summed E-state index contributed by atoms with van der Waals surface area (Å²) >= 11 is 6.38. The first-order valence-electron chi connectivity index (χ1n) is 11.9. The fourth-order valence-corrected chi connectivity index (χ4v) is 5.17. The molecule has 0 aliphatic carbocycles. The van der Waals surface area contributed by atoms with Crippen molar-refractivity contribution in [3.8, 4) is 0 Å². The summed E-state index contributed by atoms with van der Waals surface area (Å²) in [7, 11) is -3.83. The van der Waals surface area contributed by atoms with E-state index in [9.17, 15) is 18.0 Å². The van der Waals surface area contributed by atoms with Crippen LogP contribution < -0.4 is 9.62 Å². The van der Waals surface area contributed by atoms with Crippen molar-refractivity contribution in [3.05, 3.63) is 77.3 Å². The van der Waals surface area contributed by atoms with Gasteiger partial charge in [0.05, 0.1) is 11.9 Å². The van der Waals surface area contributed by atoms with Crippen molar-refractivity contribution >= 4 is 49.9 Å². The number of fused-ring (bicyclic) bond motifs is 1. The molecule has 0 heterocycles. The Morgan fingerprint density at radius 3 is 2.31 bits per heavy atom. The van der Waals surface area contributed by atoms with E-state index < -0.39 is 28.5 Å². The third-order valence-electron chi connectivity index (χ3n) is 5.95. The number of hydrogen-bond acceptors (Lipinski definition) is 4. The van der Waals surface area contributed by atoms with Crippen molar-refractivity contribution in [2.45, 2.75) is 39.3 Å². The van der Waals surface area contributed by atoms with Crippen LogP contribution in [0.15, 0.2) is 66.7 Å². The largest absolute Gasteiger partial charge is 0.354 e. The molecule has 0 aliphatic heterocycles. The van der Waals surface area contributed by atoms with Gasteiger partial charge >= 0.3 is 0 Å². The highest BCUT2D eigenvalue weighted by atomic mass is 35.5. The summed E-state index contributed by atoms with van der Waals surface area (Å²) in [6.45, 7) is 3.87. The van der Waals surface area contributed by atoms with Crippen LogP contribution in [0.1, 0.15) is 32.3 Å². The minimum Gasteiger partial charge on any atom is -0.354 e. The predicted octanol–water partition coefficient (Wildman–Crippen LogP) is 4.59. The molecule has 3 aromatic rings. The van der Waals surface area contributed by atoms with Crippen LogP contribution in [0.5, 0.6) is 0 Å². The Bertz CT molecular complexity index is 1320. The Hall–Kier alpha value is -3.10. The van der Waals surface area contributed by atoms with E-state index in [1.54, 1.807) is 36.4 Å². The van der Waals surface area contributed by atoms with Crippen molar-refractivity contribution in [3.63, 3.8) is 0 Å². The van der Waals surface area contributed by atoms with Gasteiger partial charge in [-0.1, -0.05) is 80.0 Å². The van der Waals surface area contributed by atoms with E-state index in [0.29, 0.717) is 34.6 Å².